The number of hydrogen-bond donors (Lipinski definition) is 0. The van der Waals surface area contributed by atoms with E-state index in [4.69, 9.17) is 21.1 Å². The maximum Gasteiger partial charge on any atom is 0.427 e. The van der Waals surface area contributed by atoms with E-state index in [0.29, 0.717) is 4.90 Å². The van der Waals surface area contributed by atoms with Crippen LogP contribution in [0.3, 0.4) is 0 Å². The molecular weight excluding hydrogens is 428 g/mol. The fraction of sp³-hybridized carbons (Fsp3) is 0.579. The number of aromatic nitrogens is 4. The Hall–Kier alpha value is -2.95. The number of imidazole rings is 1. The van der Waals surface area contributed by atoms with Crippen LogP contribution in [0.5, 0.6) is 0 Å². The van der Waals surface area contributed by atoms with Gasteiger partial charge >= 0.3 is 12.2 Å². The number of amides is 3. The zero-order valence-electron chi connectivity index (χ0n) is 18.9. The molecule has 2 aromatic heterocycles. The lowest BCUT2D eigenvalue weighted by Gasteiger charge is -2.27. The first kappa shape index (κ1) is 24.3. The van der Waals surface area contributed by atoms with Crippen molar-refractivity contribution in [3.05, 3.63) is 11.5 Å². The summed E-state index contributed by atoms with van der Waals surface area (Å²) in [5, 5.41) is -0.0821. The van der Waals surface area contributed by atoms with Gasteiger partial charge in [-0.1, -0.05) is 11.6 Å². The summed E-state index contributed by atoms with van der Waals surface area (Å²) in [5.41, 5.74) is -1.31. The minimum atomic E-state index is -1.02. The van der Waals surface area contributed by atoms with Crippen LogP contribution in [0.15, 0.2) is 6.33 Å². The number of imide groups is 1. The Morgan fingerprint density at radius 3 is 2.00 bits per heavy atom. The lowest BCUT2D eigenvalue weighted by Crippen LogP contribution is -2.44. The highest BCUT2D eigenvalue weighted by Gasteiger charge is 2.35. The standard InChI is InChI=1S/C19H27ClN6O5/c1-11(27)24(8)10-25-9-21-12-13(20)22-15(23-14(12)25)26(16(28)30-18(2,3)4)17(29)31-19(5,6)7/h9H,10H2,1-8H3. The van der Waals surface area contributed by atoms with Crippen molar-refractivity contribution >= 4 is 46.8 Å². The Kier molecular flexibility index (Phi) is 6.79. The Bertz CT molecular complexity index is 980. The fourth-order valence-electron chi connectivity index (χ4n) is 2.28. The van der Waals surface area contributed by atoms with Crippen molar-refractivity contribution in [2.75, 3.05) is 11.9 Å². The fourth-order valence-corrected chi connectivity index (χ4v) is 2.49. The molecule has 170 valence electrons. The SMILES string of the molecule is CC(=O)N(C)Cn1cnc2c(Cl)nc(N(C(=O)OC(C)(C)C)C(=O)OC(C)(C)C)nc21. The van der Waals surface area contributed by atoms with Gasteiger partial charge < -0.3 is 14.4 Å². The van der Waals surface area contributed by atoms with Gasteiger partial charge in [-0.05, 0) is 41.5 Å². The van der Waals surface area contributed by atoms with Crippen molar-refractivity contribution in [2.24, 2.45) is 0 Å². The van der Waals surface area contributed by atoms with Crippen LogP contribution in [0.2, 0.25) is 5.15 Å². The van der Waals surface area contributed by atoms with Crippen LogP contribution in [0.4, 0.5) is 15.5 Å². The molecule has 0 saturated carbocycles. The number of hydrogen-bond acceptors (Lipinski definition) is 8. The third-order valence-electron chi connectivity index (χ3n) is 3.66. The van der Waals surface area contributed by atoms with Gasteiger partial charge in [-0.2, -0.15) is 9.97 Å². The van der Waals surface area contributed by atoms with Crippen LogP contribution >= 0.6 is 11.6 Å². The smallest absolute Gasteiger partial charge is 0.427 e. The molecule has 0 fully saturated rings. The van der Waals surface area contributed by atoms with Crippen LogP contribution < -0.4 is 4.90 Å². The van der Waals surface area contributed by atoms with Crippen molar-refractivity contribution in [2.45, 2.75) is 66.3 Å². The first-order chi connectivity index (χ1) is 14.1. The Balaban J connectivity index is 2.58. The predicted molar refractivity (Wildman–Crippen MR) is 114 cm³/mol. The average Bonchev–Trinajstić information content (AvgIpc) is 2.95. The third kappa shape index (κ3) is 6.27. The summed E-state index contributed by atoms with van der Waals surface area (Å²) in [6, 6.07) is 0. The summed E-state index contributed by atoms with van der Waals surface area (Å²) in [7, 11) is 1.60. The van der Waals surface area contributed by atoms with Crippen molar-refractivity contribution in [1.82, 2.24) is 24.4 Å². The number of halogens is 1. The molecule has 2 rings (SSSR count). The maximum atomic E-state index is 12.8. The van der Waals surface area contributed by atoms with Gasteiger partial charge in [0.1, 0.15) is 16.7 Å². The lowest BCUT2D eigenvalue weighted by molar-refractivity contribution is -0.128. The highest BCUT2D eigenvalue weighted by molar-refractivity contribution is 6.33. The molecule has 2 heterocycles. The molecule has 0 aromatic carbocycles. The number of carbonyl (C=O) groups excluding carboxylic acids is 3. The molecule has 0 aliphatic rings. The lowest BCUT2D eigenvalue weighted by atomic mass is 10.2. The van der Waals surface area contributed by atoms with E-state index in [0.717, 1.165) is 0 Å². The summed E-state index contributed by atoms with van der Waals surface area (Å²) >= 11 is 6.26. The molecular formula is C19H27ClN6O5. The van der Waals surface area contributed by atoms with Crippen molar-refractivity contribution in [3.63, 3.8) is 0 Å². The Morgan fingerprint density at radius 1 is 1.03 bits per heavy atom. The van der Waals surface area contributed by atoms with E-state index in [-0.39, 0.29) is 34.8 Å². The molecule has 0 spiro atoms. The quantitative estimate of drug-likeness (QED) is 0.645. The second kappa shape index (κ2) is 8.66. The number of fused-ring (bicyclic) bond motifs is 1. The van der Waals surface area contributed by atoms with Gasteiger partial charge in [-0.3, -0.25) is 9.36 Å². The molecule has 0 saturated heterocycles. The molecule has 0 N–H and O–H groups in total. The summed E-state index contributed by atoms with van der Waals surface area (Å²) in [6.45, 7) is 11.5. The molecule has 0 unspecified atom stereocenters. The number of ether oxygens (including phenoxy) is 2. The molecule has 2 aromatic rings. The Labute approximate surface area is 185 Å². The largest absolute Gasteiger partial charge is 0.443 e. The molecule has 3 amide bonds. The van der Waals surface area contributed by atoms with Crippen molar-refractivity contribution in [1.29, 1.82) is 0 Å². The van der Waals surface area contributed by atoms with Crippen LogP contribution in [0.25, 0.3) is 11.2 Å². The maximum absolute atomic E-state index is 12.8. The molecule has 0 radical (unpaired) electrons. The summed E-state index contributed by atoms with van der Waals surface area (Å²) in [6.07, 6.45) is -0.618. The van der Waals surface area contributed by atoms with Crippen LogP contribution in [-0.2, 0) is 20.9 Å². The monoisotopic (exact) mass is 454 g/mol. The number of anilines is 1. The second-order valence-corrected chi connectivity index (χ2v) is 9.21. The molecule has 11 nitrogen and oxygen atoms in total. The number of nitrogens with zero attached hydrogens (tertiary/aromatic N) is 6. The van der Waals surface area contributed by atoms with Gasteiger partial charge in [0.05, 0.1) is 13.0 Å². The third-order valence-corrected chi connectivity index (χ3v) is 3.93. The summed E-state index contributed by atoms with van der Waals surface area (Å²) < 4.78 is 12.2. The van der Waals surface area contributed by atoms with E-state index >= 15 is 0 Å². The summed E-state index contributed by atoms with van der Waals surface area (Å²) in [4.78, 5) is 51.8. The van der Waals surface area contributed by atoms with Crippen molar-refractivity contribution in [3.8, 4) is 0 Å². The van der Waals surface area contributed by atoms with Gasteiger partial charge in [-0.25, -0.2) is 14.6 Å². The van der Waals surface area contributed by atoms with E-state index < -0.39 is 23.4 Å². The number of rotatable bonds is 3. The molecule has 0 atom stereocenters. The molecule has 0 bridgehead atoms. The first-order valence-corrected chi connectivity index (χ1v) is 9.83. The van der Waals surface area contributed by atoms with Crippen LogP contribution in [0, 0.1) is 0 Å². The highest BCUT2D eigenvalue weighted by atomic mass is 35.5. The predicted octanol–water partition coefficient (Wildman–Crippen LogP) is 3.59. The van der Waals surface area contributed by atoms with E-state index in [2.05, 4.69) is 15.0 Å². The van der Waals surface area contributed by atoms with Crippen LogP contribution in [0.1, 0.15) is 48.5 Å². The summed E-state index contributed by atoms with van der Waals surface area (Å²) in [5.74, 6) is -0.514. The molecule has 0 aliphatic carbocycles. The molecule has 0 aliphatic heterocycles. The van der Waals surface area contributed by atoms with E-state index in [1.807, 2.05) is 0 Å². The molecule has 12 heteroatoms. The Morgan fingerprint density at radius 2 is 1.55 bits per heavy atom. The second-order valence-electron chi connectivity index (χ2n) is 8.86. The van der Waals surface area contributed by atoms with Crippen LogP contribution in [-0.4, -0.2) is 60.8 Å². The minimum Gasteiger partial charge on any atom is -0.443 e. The minimum absolute atomic E-state index is 0.0821. The van der Waals surface area contributed by atoms with Gasteiger partial charge in [0.25, 0.3) is 0 Å². The number of carbonyl (C=O) groups is 3. The van der Waals surface area contributed by atoms with E-state index in [1.54, 1.807) is 48.6 Å². The average molecular weight is 455 g/mol. The first-order valence-electron chi connectivity index (χ1n) is 9.45. The zero-order chi connectivity index (χ0) is 23.7. The molecule has 31 heavy (non-hydrogen) atoms. The van der Waals surface area contributed by atoms with Crippen molar-refractivity contribution < 1.29 is 23.9 Å². The van der Waals surface area contributed by atoms with Gasteiger partial charge in [0, 0.05) is 14.0 Å². The topological polar surface area (TPSA) is 120 Å². The van der Waals surface area contributed by atoms with E-state index in [1.165, 1.54) is 22.7 Å². The van der Waals surface area contributed by atoms with Gasteiger partial charge in [0.2, 0.25) is 11.9 Å². The van der Waals surface area contributed by atoms with Gasteiger partial charge in [-0.15, -0.1) is 4.90 Å². The highest BCUT2D eigenvalue weighted by Crippen LogP contribution is 2.25. The van der Waals surface area contributed by atoms with E-state index in [9.17, 15) is 14.4 Å². The normalized spacial score (nSPS) is 11.9. The zero-order valence-corrected chi connectivity index (χ0v) is 19.6. The van der Waals surface area contributed by atoms with Gasteiger partial charge in [0.15, 0.2) is 10.8 Å².